The Bertz CT molecular complexity index is 1140. The maximum atomic E-state index is 14.2. The molecule has 0 bridgehead atoms. The predicted molar refractivity (Wildman–Crippen MR) is 103 cm³/mol. The van der Waals surface area contributed by atoms with Crippen molar-refractivity contribution < 1.29 is 17.2 Å². The number of aryl methyl sites for hydroxylation is 1. The van der Waals surface area contributed by atoms with E-state index >= 15 is 0 Å². The highest BCUT2D eigenvalue weighted by Crippen LogP contribution is 2.31. The number of pyridine rings is 1. The van der Waals surface area contributed by atoms with Gasteiger partial charge in [0.25, 0.3) is 10.0 Å². The van der Waals surface area contributed by atoms with Gasteiger partial charge >= 0.3 is 0 Å². The summed E-state index contributed by atoms with van der Waals surface area (Å²) in [5.41, 5.74) is -0.305. The van der Waals surface area contributed by atoms with E-state index in [2.05, 4.69) is 15.0 Å². The number of anilines is 2. The van der Waals surface area contributed by atoms with Gasteiger partial charge in [-0.3, -0.25) is 4.72 Å². The van der Waals surface area contributed by atoms with Crippen molar-refractivity contribution >= 4 is 43.9 Å². The molecule has 0 saturated carbocycles. The van der Waals surface area contributed by atoms with Gasteiger partial charge in [-0.15, -0.1) is 0 Å². The monoisotopic (exact) mass is 411 g/mol. The highest BCUT2D eigenvalue weighted by atomic mass is 35.5. The number of nitrogens with one attached hydrogen (secondary N) is 2. The first-order valence-corrected chi connectivity index (χ1v) is 9.89. The molecule has 1 heterocycles. The van der Waals surface area contributed by atoms with Gasteiger partial charge in [-0.2, -0.15) is 0 Å². The quantitative estimate of drug-likeness (QED) is 0.645. The molecule has 2 N–H and O–H groups in total. The zero-order valence-electron chi connectivity index (χ0n) is 14.5. The average molecular weight is 412 g/mol. The van der Waals surface area contributed by atoms with Crippen molar-refractivity contribution in [2.24, 2.45) is 0 Å². The second-order valence-corrected chi connectivity index (χ2v) is 7.88. The van der Waals surface area contributed by atoms with Crippen molar-refractivity contribution in [1.82, 2.24) is 4.98 Å². The minimum absolute atomic E-state index is 0.163. The van der Waals surface area contributed by atoms with E-state index in [4.69, 9.17) is 11.6 Å². The first-order chi connectivity index (χ1) is 12.8. The third-order valence-corrected chi connectivity index (χ3v) is 5.73. The number of rotatable bonds is 5. The van der Waals surface area contributed by atoms with Crippen LogP contribution < -0.4 is 10.0 Å². The number of nitrogens with zero attached hydrogens (tertiary/aromatic N) is 1. The summed E-state index contributed by atoms with van der Waals surface area (Å²) in [5, 5.41) is 4.10. The molecule has 0 aliphatic rings. The normalized spacial score (nSPS) is 11.6. The van der Waals surface area contributed by atoms with Gasteiger partial charge in [0.05, 0.1) is 11.9 Å². The summed E-state index contributed by atoms with van der Waals surface area (Å²) < 4.78 is 55.9. The predicted octanol–water partition coefficient (Wildman–Crippen LogP) is 4.57. The third-order valence-electron chi connectivity index (χ3n) is 4.10. The number of hydrogen-bond acceptors (Lipinski definition) is 4. The summed E-state index contributed by atoms with van der Waals surface area (Å²) in [4.78, 5) is 3.91. The van der Waals surface area contributed by atoms with Crippen molar-refractivity contribution in [3.05, 3.63) is 58.7 Å². The van der Waals surface area contributed by atoms with Crippen molar-refractivity contribution in [3.8, 4) is 0 Å². The maximum Gasteiger partial charge on any atom is 0.264 e. The zero-order chi connectivity index (χ0) is 19.8. The van der Waals surface area contributed by atoms with E-state index in [0.29, 0.717) is 21.6 Å². The lowest BCUT2D eigenvalue weighted by molar-refractivity contribution is 0.587. The molecular formula is C18H16ClF2N3O2S. The Hall–Kier alpha value is -2.45. The third kappa shape index (κ3) is 3.68. The Morgan fingerprint density at radius 3 is 2.52 bits per heavy atom. The molecule has 0 saturated heterocycles. The largest absolute Gasteiger partial charge is 0.373 e. The van der Waals surface area contributed by atoms with Crippen LogP contribution in [-0.2, 0) is 16.4 Å². The van der Waals surface area contributed by atoms with Crippen LogP contribution >= 0.6 is 11.6 Å². The minimum atomic E-state index is -4.23. The molecule has 0 aliphatic heterocycles. The molecule has 3 rings (SSSR count). The molecule has 9 heteroatoms. The summed E-state index contributed by atoms with van der Waals surface area (Å²) in [6.45, 7) is 1.67. The zero-order valence-corrected chi connectivity index (χ0v) is 16.0. The molecule has 142 valence electrons. The summed E-state index contributed by atoms with van der Waals surface area (Å²) in [6, 6.07) is 6.46. The molecule has 3 aromatic rings. The fourth-order valence-electron chi connectivity index (χ4n) is 2.74. The first-order valence-electron chi connectivity index (χ1n) is 8.03. The highest BCUT2D eigenvalue weighted by Gasteiger charge is 2.22. The Kier molecular flexibility index (Phi) is 5.21. The number of halogens is 3. The molecule has 0 atom stereocenters. The number of fused-ring (bicyclic) bond motifs is 1. The van der Waals surface area contributed by atoms with Crippen LogP contribution in [0.3, 0.4) is 0 Å². The summed E-state index contributed by atoms with van der Waals surface area (Å²) in [7, 11) is -2.59. The van der Waals surface area contributed by atoms with Gasteiger partial charge in [-0.25, -0.2) is 22.2 Å². The lowest BCUT2D eigenvalue weighted by Gasteiger charge is -2.14. The Balaban J connectivity index is 2.12. The summed E-state index contributed by atoms with van der Waals surface area (Å²) in [6.07, 6.45) is 1.44. The van der Waals surface area contributed by atoms with Crippen LogP contribution in [0.1, 0.15) is 12.5 Å². The van der Waals surface area contributed by atoms with E-state index in [-0.39, 0.29) is 16.9 Å². The van der Waals surface area contributed by atoms with E-state index in [1.54, 1.807) is 26.1 Å². The fraction of sp³-hybridized carbons (Fsp3) is 0.167. The molecule has 0 spiro atoms. The molecule has 0 unspecified atom stereocenters. The molecule has 5 nitrogen and oxygen atoms in total. The number of aromatic nitrogens is 1. The van der Waals surface area contributed by atoms with Crippen LogP contribution in [0.4, 0.5) is 20.3 Å². The molecule has 0 fully saturated rings. The van der Waals surface area contributed by atoms with Crippen LogP contribution in [0.5, 0.6) is 0 Å². The van der Waals surface area contributed by atoms with Crippen molar-refractivity contribution in [2.45, 2.75) is 18.2 Å². The molecule has 0 radical (unpaired) electrons. The fourth-order valence-corrected chi connectivity index (χ4v) is 4.13. The molecule has 1 aromatic heterocycles. The van der Waals surface area contributed by atoms with Crippen molar-refractivity contribution in [3.63, 3.8) is 0 Å². The number of hydrogen-bond donors (Lipinski definition) is 2. The minimum Gasteiger partial charge on any atom is -0.373 e. The second-order valence-electron chi connectivity index (χ2n) is 5.79. The van der Waals surface area contributed by atoms with Gasteiger partial charge < -0.3 is 5.32 Å². The van der Waals surface area contributed by atoms with Gasteiger partial charge in [-0.1, -0.05) is 24.6 Å². The number of sulfonamides is 1. The van der Waals surface area contributed by atoms with Crippen LogP contribution in [0, 0.1) is 11.6 Å². The topological polar surface area (TPSA) is 71.1 Å². The molecule has 0 aliphatic carbocycles. The lowest BCUT2D eigenvalue weighted by Crippen LogP contribution is -2.15. The summed E-state index contributed by atoms with van der Waals surface area (Å²) in [5.74, 6) is -1.10. The Morgan fingerprint density at radius 1 is 1.11 bits per heavy atom. The Morgan fingerprint density at radius 2 is 1.85 bits per heavy atom. The van der Waals surface area contributed by atoms with Gasteiger partial charge in [0.15, 0.2) is 0 Å². The second kappa shape index (κ2) is 7.28. The van der Waals surface area contributed by atoms with E-state index in [0.717, 1.165) is 18.3 Å². The SMILES string of the molecule is CCc1cc(F)c(NS(=O)(=O)c2cnc(NC)c3cc(Cl)ccc23)cc1F. The van der Waals surface area contributed by atoms with E-state index < -0.39 is 27.3 Å². The van der Waals surface area contributed by atoms with Gasteiger partial charge in [-0.05, 0) is 30.2 Å². The Labute approximate surface area is 160 Å². The number of benzene rings is 2. The van der Waals surface area contributed by atoms with Crippen LogP contribution in [0.2, 0.25) is 5.02 Å². The lowest BCUT2D eigenvalue weighted by atomic mass is 10.1. The standard InChI is InChI=1S/C18H16ClF2N3O2S/c1-3-10-6-15(21)16(8-14(10)20)24-27(25,26)17-9-23-18(22-2)13-7-11(19)4-5-12(13)17/h4-9,24H,3H2,1-2H3,(H,22,23). The molecular weight excluding hydrogens is 396 g/mol. The summed E-state index contributed by atoms with van der Waals surface area (Å²) >= 11 is 6.00. The van der Waals surface area contributed by atoms with Crippen LogP contribution in [-0.4, -0.2) is 20.4 Å². The maximum absolute atomic E-state index is 14.2. The smallest absolute Gasteiger partial charge is 0.264 e. The van der Waals surface area contributed by atoms with Gasteiger partial charge in [0.1, 0.15) is 22.3 Å². The molecule has 27 heavy (non-hydrogen) atoms. The van der Waals surface area contributed by atoms with Crippen molar-refractivity contribution in [2.75, 3.05) is 17.1 Å². The molecule has 0 amide bonds. The van der Waals surface area contributed by atoms with Crippen LogP contribution in [0.15, 0.2) is 41.4 Å². The average Bonchev–Trinajstić information content (AvgIpc) is 2.63. The highest BCUT2D eigenvalue weighted by molar-refractivity contribution is 7.93. The van der Waals surface area contributed by atoms with E-state index in [1.807, 2.05) is 0 Å². The van der Waals surface area contributed by atoms with Gasteiger partial charge in [0, 0.05) is 28.9 Å². The first kappa shape index (κ1) is 19.3. The molecule has 2 aromatic carbocycles. The van der Waals surface area contributed by atoms with Crippen molar-refractivity contribution in [1.29, 1.82) is 0 Å². The van der Waals surface area contributed by atoms with E-state index in [1.165, 1.54) is 6.07 Å². The van der Waals surface area contributed by atoms with Gasteiger partial charge in [0.2, 0.25) is 0 Å². The van der Waals surface area contributed by atoms with Crippen LogP contribution in [0.25, 0.3) is 10.8 Å². The van der Waals surface area contributed by atoms with E-state index in [9.17, 15) is 17.2 Å².